The first kappa shape index (κ1) is 43.6. The number of aryl methyl sites for hydroxylation is 1. The maximum Gasteiger partial charge on any atom is 0.266 e. The van der Waals surface area contributed by atoms with Crippen molar-refractivity contribution in [3.8, 4) is 5.75 Å². The van der Waals surface area contributed by atoms with Gasteiger partial charge in [-0.3, -0.25) is 14.1 Å². The van der Waals surface area contributed by atoms with Crippen LogP contribution in [-0.2, 0) is 30.9 Å². The maximum absolute atomic E-state index is 12.7. The summed E-state index contributed by atoms with van der Waals surface area (Å²) in [6.07, 6.45) is 19.6. The van der Waals surface area contributed by atoms with E-state index in [2.05, 4.69) is 51.2 Å². The summed E-state index contributed by atoms with van der Waals surface area (Å²) in [5.41, 5.74) is 3.33. The Balaban J connectivity index is 0.749. The van der Waals surface area contributed by atoms with E-state index < -0.39 is 15.9 Å². The van der Waals surface area contributed by atoms with Crippen LogP contribution in [0.15, 0.2) is 18.2 Å². The van der Waals surface area contributed by atoms with E-state index in [-0.39, 0.29) is 40.9 Å². The minimum Gasteiger partial charge on any atom is -0.494 e. The quantitative estimate of drug-likeness (QED) is 0.118. The lowest BCUT2D eigenvalue weighted by atomic mass is 9.43. The number of nitrogens with one attached hydrogen (secondary N) is 1. The number of amides is 1. The molecule has 0 saturated heterocycles. The van der Waals surface area contributed by atoms with Gasteiger partial charge in [0.05, 0.1) is 24.6 Å². The molecule has 10 heteroatoms. The number of benzene rings is 1. The van der Waals surface area contributed by atoms with Crippen LogP contribution in [0.5, 0.6) is 5.75 Å². The van der Waals surface area contributed by atoms with Gasteiger partial charge in [0.1, 0.15) is 11.5 Å². The third-order valence-electron chi connectivity index (χ3n) is 18.7. The fourth-order valence-electron chi connectivity index (χ4n) is 15.5. The molecule has 3 N–H and O–H groups in total. The summed E-state index contributed by atoms with van der Waals surface area (Å²) >= 11 is 0. The zero-order valence-corrected chi connectivity index (χ0v) is 37.4. The van der Waals surface area contributed by atoms with Crippen molar-refractivity contribution in [1.82, 2.24) is 5.32 Å². The van der Waals surface area contributed by atoms with Gasteiger partial charge in [0, 0.05) is 31.4 Å². The Labute approximate surface area is 355 Å². The smallest absolute Gasteiger partial charge is 0.266 e. The van der Waals surface area contributed by atoms with Gasteiger partial charge in [-0.05, 0) is 197 Å². The first-order valence-corrected chi connectivity index (χ1v) is 25.5. The highest BCUT2D eigenvalue weighted by molar-refractivity contribution is 7.85. The Morgan fingerprint density at radius 1 is 0.898 bits per heavy atom. The van der Waals surface area contributed by atoms with Crippen LogP contribution in [0.25, 0.3) is 0 Å². The van der Waals surface area contributed by atoms with Gasteiger partial charge < -0.3 is 19.9 Å². The van der Waals surface area contributed by atoms with E-state index in [9.17, 15) is 23.1 Å². The molecule has 0 bridgehead atoms. The first-order chi connectivity index (χ1) is 28.1. The SMILES string of the molecule is C[C@H](CCC(=O)NCCS(=O)(=O)O)[C@H]1CC[C@@H]2C3[C@@H](CC[C@@]21C)[C@@]1(C)CC[C@H](OCCCCCOc2ccc4c(c2)CCC2C4CC[C@@]4(C)C(=O)CCC24)CC1C[C@@H]3O. The highest BCUT2D eigenvalue weighted by Gasteiger charge is 2.63. The zero-order valence-electron chi connectivity index (χ0n) is 36.6. The fourth-order valence-corrected chi connectivity index (χ4v) is 15.9. The number of ether oxygens (including phenoxy) is 2. The molecule has 6 saturated carbocycles. The van der Waals surface area contributed by atoms with E-state index >= 15 is 0 Å². The van der Waals surface area contributed by atoms with Gasteiger partial charge in [0.25, 0.3) is 10.1 Å². The Morgan fingerprint density at radius 2 is 1.68 bits per heavy atom. The first-order valence-electron chi connectivity index (χ1n) is 23.9. The van der Waals surface area contributed by atoms with Crippen LogP contribution in [0.3, 0.4) is 0 Å². The second-order valence-corrected chi connectivity index (χ2v) is 23.1. The molecular weight excluding hydrogens is 763 g/mol. The summed E-state index contributed by atoms with van der Waals surface area (Å²) in [5, 5.41) is 14.5. The summed E-state index contributed by atoms with van der Waals surface area (Å²) < 4.78 is 43.8. The van der Waals surface area contributed by atoms with Crippen LogP contribution >= 0.6 is 0 Å². The number of carbonyl (C=O) groups is 2. The summed E-state index contributed by atoms with van der Waals surface area (Å²) in [4.78, 5) is 25.2. The van der Waals surface area contributed by atoms with Crippen molar-refractivity contribution in [3.63, 3.8) is 0 Å². The lowest BCUT2D eigenvalue weighted by molar-refractivity contribution is -0.178. The predicted molar refractivity (Wildman–Crippen MR) is 230 cm³/mol. The summed E-state index contributed by atoms with van der Waals surface area (Å²) in [6, 6.07) is 6.83. The van der Waals surface area contributed by atoms with E-state index in [1.54, 1.807) is 0 Å². The molecule has 5 unspecified atom stereocenters. The molecule has 14 atom stereocenters. The molecule has 1 amide bonds. The van der Waals surface area contributed by atoms with Gasteiger partial charge in [0.2, 0.25) is 5.91 Å². The number of unbranched alkanes of at least 4 members (excludes halogenated alkanes) is 2. The number of Topliss-reactive ketones (excluding diaryl/α,β-unsaturated/α-hetero) is 1. The molecule has 8 rings (SSSR count). The number of ketones is 1. The third kappa shape index (κ3) is 8.57. The van der Waals surface area contributed by atoms with Crippen LogP contribution in [0, 0.1) is 63.6 Å². The molecule has 0 spiro atoms. The molecule has 1 aromatic carbocycles. The standard InChI is InChI=1S/C49H75NO8S/c1-31(8-17-45(53)50-24-27-59(54,55)56)39-13-14-41-46-42(20-23-48(39,41)3)47(2)21-18-35(29-33(47)30-43(46)51)58-26-7-5-6-25-57-34-10-12-36-32(28-34)9-11-38-37(36)19-22-49(4)40(38)15-16-44(49)52/h10,12,28,31,33,35,37-43,46,51H,5-9,11,13-27,29-30H2,1-4H3,(H,50,53)(H,54,55,56)/t31-,33?,35+,37?,38?,39-,40?,41-,42-,43+,46?,47+,48-,49-/m1/s1. The number of hydrogen-bond acceptors (Lipinski definition) is 7. The minimum atomic E-state index is -4.09. The monoisotopic (exact) mass is 838 g/mol. The number of aliphatic hydroxyl groups is 1. The largest absolute Gasteiger partial charge is 0.494 e. The highest BCUT2D eigenvalue weighted by Crippen LogP contribution is 2.68. The van der Waals surface area contributed by atoms with E-state index in [0.717, 1.165) is 109 Å². The summed E-state index contributed by atoms with van der Waals surface area (Å²) in [6.45, 7) is 11.0. The molecule has 1 aromatic rings. The molecule has 0 aliphatic heterocycles. The molecule has 6 fully saturated rings. The molecule has 330 valence electrons. The van der Waals surface area contributed by atoms with E-state index in [4.69, 9.17) is 14.0 Å². The molecule has 0 aromatic heterocycles. The van der Waals surface area contributed by atoms with E-state index in [0.29, 0.717) is 65.5 Å². The number of carbonyl (C=O) groups excluding carboxylic acids is 2. The Morgan fingerprint density at radius 3 is 2.49 bits per heavy atom. The average molecular weight is 838 g/mol. The van der Waals surface area contributed by atoms with Crippen LogP contribution in [-0.4, -0.2) is 67.5 Å². The second kappa shape index (κ2) is 17.3. The molecule has 0 heterocycles. The van der Waals surface area contributed by atoms with Crippen LogP contribution < -0.4 is 10.1 Å². The lowest BCUT2D eigenvalue weighted by Gasteiger charge is -2.62. The maximum atomic E-state index is 12.7. The number of rotatable bonds is 15. The second-order valence-electron chi connectivity index (χ2n) is 21.5. The Hall–Kier alpha value is -2.01. The van der Waals surface area contributed by atoms with Crippen molar-refractivity contribution in [2.24, 2.45) is 63.6 Å². The van der Waals surface area contributed by atoms with Gasteiger partial charge in [-0.25, -0.2) is 0 Å². The van der Waals surface area contributed by atoms with Gasteiger partial charge in [-0.2, -0.15) is 8.42 Å². The topological polar surface area (TPSA) is 139 Å². The minimum absolute atomic E-state index is 0.0654. The van der Waals surface area contributed by atoms with Crippen LogP contribution in [0.2, 0.25) is 0 Å². The number of fused-ring (bicyclic) bond motifs is 10. The van der Waals surface area contributed by atoms with Crippen molar-refractivity contribution in [2.45, 2.75) is 168 Å². The van der Waals surface area contributed by atoms with E-state index in [1.807, 2.05) is 0 Å². The average Bonchev–Trinajstić information content (AvgIpc) is 3.71. The van der Waals surface area contributed by atoms with E-state index in [1.165, 1.54) is 36.8 Å². The molecule has 7 aliphatic carbocycles. The number of aliphatic hydroxyl groups excluding tert-OH is 1. The fraction of sp³-hybridized carbons (Fsp3) is 0.837. The van der Waals surface area contributed by atoms with Crippen molar-refractivity contribution in [2.75, 3.05) is 25.5 Å². The highest BCUT2D eigenvalue weighted by atomic mass is 32.2. The Bertz CT molecular complexity index is 1800. The van der Waals surface area contributed by atoms with Crippen LogP contribution in [0.1, 0.15) is 160 Å². The summed E-state index contributed by atoms with van der Waals surface area (Å²) in [7, 11) is -4.09. The van der Waals surface area contributed by atoms with Gasteiger partial charge in [-0.15, -0.1) is 0 Å². The van der Waals surface area contributed by atoms with Crippen molar-refractivity contribution in [3.05, 3.63) is 29.3 Å². The zero-order chi connectivity index (χ0) is 41.7. The molecule has 7 aliphatic rings. The molecule has 9 nitrogen and oxygen atoms in total. The van der Waals surface area contributed by atoms with Crippen molar-refractivity contribution in [1.29, 1.82) is 0 Å². The Kier molecular flexibility index (Phi) is 12.8. The lowest BCUT2D eigenvalue weighted by Crippen LogP contribution is -2.58. The predicted octanol–water partition coefficient (Wildman–Crippen LogP) is 9.10. The van der Waals surface area contributed by atoms with Crippen molar-refractivity contribution < 1.29 is 37.1 Å². The third-order valence-corrected chi connectivity index (χ3v) is 19.4. The molecular formula is C49H75NO8S. The molecule has 59 heavy (non-hydrogen) atoms. The van der Waals surface area contributed by atoms with Crippen molar-refractivity contribution >= 4 is 21.8 Å². The van der Waals surface area contributed by atoms with Gasteiger partial charge in [0.15, 0.2) is 0 Å². The van der Waals surface area contributed by atoms with Gasteiger partial charge in [-0.1, -0.05) is 33.8 Å². The molecule has 0 radical (unpaired) electrons. The summed E-state index contributed by atoms with van der Waals surface area (Å²) in [5.74, 6) is 5.52. The van der Waals surface area contributed by atoms with Crippen LogP contribution in [0.4, 0.5) is 0 Å². The number of hydrogen-bond donors (Lipinski definition) is 3. The normalized spacial score (nSPS) is 40.5. The van der Waals surface area contributed by atoms with Gasteiger partial charge >= 0.3 is 0 Å².